The molecule has 0 radical (unpaired) electrons. The third-order valence-corrected chi connectivity index (χ3v) is 4.63. The average Bonchev–Trinajstić information content (AvgIpc) is 2.56. The first-order valence-electron chi connectivity index (χ1n) is 5.07. The van der Waals surface area contributed by atoms with Crippen molar-refractivity contribution in [2.45, 2.75) is 30.8 Å². The van der Waals surface area contributed by atoms with Crippen LogP contribution in [0, 0.1) is 0 Å². The molecule has 18 heavy (non-hydrogen) atoms. The third kappa shape index (κ3) is 3.50. The summed E-state index contributed by atoms with van der Waals surface area (Å²) in [6.07, 6.45) is 0.0903. The maximum Gasteiger partial charge on any atom is 0.304 e. The first kappa shape index (κ1) is 15.1. The first-order chi connectivity index (χ1) is 8.27. The van der Waals surface area contributed by atoms with E-state index in [0.717, 1.165) is 4.68 Å². The Balaban J connectivity index is 2.98. The van der Waals surface area contributed by atoms with Gasteiger partial charge in [-0.15, -0.1) is 5.10 Å². The molecule has 0 saturated heterocycles. The second-order valence-electron chi connectivity index (χ2n) is 3.63. The van der Waals surface area contributed by atoms with Gasteiger partial charge >= 0.3 is 5.97 Å². The Morgan fingerprint density at radius 3 is 2.61 bits per heavy atom. The smallest absolute Gasteiger partial charge is 0.304 e. The number of halogens is 1. The number of hydrogen-bond acceptors (Lipinski definition) is 5. The number of aliphatic carboxylic acids is 1. The minimum Gasteiger partial charge on any atom is -0.481 e. The van der Waals surface area contributed by atoms with Crippen molar-refractivity contribution >= 4 is 31.9 Å². The molecule has 102 valence electrons. The molecule has 1 aromatic rings. The topological polar surface area (TPSA) is 114 Å². The van der Waals surface area contributed by atoms with Gasteiger partial charge in [0.25, 0.3) is 10.0 Å². The highest BCUT2D eigenvalue weighted by molar-refractivity contribution is 9.10. The fourth-order valence-corrected chi connectivity index (χ4v) is 3.78. The van der Waals surface area contributed by atoms with Gasteiger partial charge in [0, 0.05) is 13.1 Å². The lowest BCUT2D eigenvalue weighted by molar-refractivity contribution is -0.137. The molecule has 0 amide bonds. The van der Waals surface area contributed by atoms with Gasteiger partial charge in [-0.2, -0.15) is 0 Å². The van der Waals surface area contributed by atoms with Crippen molar-refractivity contribution < 1.29 is 18.3 Å². The van der Waals surface area contributed by atoms with E-state index in [1.165, 1.54) is 7.05 Å². The summed E-state index contributed by atoms with van der Waals surface area (Å²) in [6, 6.07) is -0.672. The van der Waals surface area contributed by atoms with Crippen LogP contribution in [0.2, 0.25) is 0 Å². The molecule has 0 bridgehead atoms. The number of aromatic nitrogens is 3. The molecule has 1 atom stereocenters. The van der Waals surface area contributed by atoms with Gasteiger partial charge in [-0.05, 0) is 22.4 Å². The summed E-state index contributed by atoms with van der Waals surface area (Å²) in [7, 11) is -2.42. The SMILES string of the molecule is CCC(CC(=O)O)NS(=O)(=O)c1c(Br)nnn1C. The van der Waals surface area contributed by atoms with Gasteiger partial charge in [0.1, 0.15) is 0 Å². The van der Waals surface area contributed by atoms with Gasteiger partial charge in [0.2, 0.25) is 5.03 Å². The van der Waals surface area contributed by atoms with Crippen LogP contribution in [0.15, 0.2) is 9.63 Å². The Kier molecular flexibility index (Phi) is 4.82. The van der Waals surface area contributed by atoms with Crippen LogP contribution in [0.5, 0.6) is 0 Å². The lowest BCUT2D eigenvalue weighted by atomic mass is 10.2. The second kappa shape index (κ2) is 5.76. The Morgan fingerprint density at radius 2 is 2.22 bits per heavy atom. The molecule has 1 rings (SSSR count). The highest BCUT2D eigenvalue weighted by Gasteiger charge is 2.27. The third-order valence-electron chi connectivity index (χ3n) is 2.23. The lowest BCUT2D eigenvalue weighted by Gasteiger charge is -2.14. The van der Waals surface area contributed by atoms with Crippen LogP contribution in [-0.2, 0) is 21.9 Å². The summed E-state index contributed by atoms with van der Waals surface area (Å²) in [5, 5.41) is 15.7. The molecule has 0 aliphatic rings. The zero-order valence-corrected chi connectivity index (χ0v) is 12.2. The van der Waals surface area contributed by atoms with E-state index < -0.39 is 22.0 Å². The number of carbonyl (C=O) groups is 1. The van der Waals surface area contributed by atoms with Crippen molar-refractivity contribution in [1.29, 1.82) is 0 Å². The molecule has 0 aromatic carbocycles. The van der Waals surface area contributed by atoms with E-state index in [1.807, 2.05) is 0 Å². The first-order valence-corrected chi connectivity index (χ1v) is 7.34. The minimum absolute atomic E-state index is 0.0858. The van der Waals surface area contributed by atoms with Gasteiger partial charge in [0.05, 0.1) is 6.42 Å². The molecular weight excluding hydrogens is 328 g/mol. The van der Waals surface area contributed by atoms with Crippen molar-refractivity contribution in [3.63, 3.8) is 0 Å². The summed E-state index contributed by atoms with van der Waals surface area (Å²) in [5.74, 6) is -1.06. The second-order valence-corrected chi connectivity index (χ2v) is 6.01. The van der Waals surface area contributed by atoms with E-state index in [1.54, 1.807) is 6.92 Å². The monoisotopic (exact) mass is 340 g/mol. The molecule has 1 unspecified atom stereocenters. The van der Waals surface area contributed by atoms with Crippen molar-refractivity contribution in [2.75, 3.05) is 0 Å². The van der Waals surface area contributed by atoms with Crippen molar-refractivity contribution in [3.05, 3.63) is 4.60 Å². The predicted octanol–water partition coefficient (Wildman–Crippen LogP) is 0.109. The fraction of sp³-hybridized carbons (Fsp3) is 0.625. The molecule has 0 aliphatic heterocycles. The number of hydrogen-bond donors (Lipinski definition) is 2. The fourth-order valence-electron chi connectivity index (χ4n) is 1.36. The Morgan fingerprint density at radius 1 is 1.61 bits per heavy atom. The molecule has 1 aromatic heterocycles. The van der Waals surface area contributed by atoms with E-state index in [9.17, 15) is 13.2 Å². The molecule has 10 heteroatoms. The van der Waals surface area contributed by atoms with E-state index in [2.05, 4.69) is 31.0 Å². The summed E-state index contributed by atoms with van der Waals surface area (Å²) >= 11 is 2.99. The number of rotatable bonds is 6. The molecule has 0 aliphatic carbocycles. The van der Waals surface area contributed by atoms with Gasteiger partial charge in [0.15, 0.2) is 4.60 Å². The molecule has 0 spiro atoms. The molecule has 0 fully saturated rings. The van der Waals surface area contributed by atoms with Gasteiger partial charge in [-0.25, -0.2) is 17.8 Å². The van der Waals surface area contributed by atoms with Crippen LogP contribution in [0.3, 0.4) is 0 Å². The predicted molar refractivity (Wildman–Crippen MR) is 65.4 cm³/mol. The van der Waals surface area contributed by atoms with Crippen molar-refractivity contribution in [2.24, 2.45) is 7.05 Å². The van der Waals surface area contributed by atoms with Crippen LogP contribution in [-0.4, -0.2) is 40.5 Å². The maximum atomic E-state index is 12.1. The molecular formula is C8H13BrN4O4S. The number of aryl methyl sites for hydroxylation is 1. The molecule has 0 saturated carbocycles. The minimum atomic E-state index is -3.86. The van der Waals surface area contributed by atoms with Crippen molar-refractivity contribution in [3.8, 4) is 0 Å². The highest BCUT2D eigenvalue weighted by Crippen LogP contribution is 2.18. The number of carboxylic acids is 1. The quantitative estimate of drug-likeness (QED) is 0.759. The number of nitrogens with one attached hydrogen (secondary N) is 1. The summed E-state index contributed by atoms with van der Waals surface area (Å²) in [4.78, 5) is 10.6. The summed E-state index contributed by atoms with van der Waals surface area (Å²) in [5.41, 5.74) is 0. The van der Waals surface area contributed by atoms with E-state index in [0.29, 0.717) is 6.42 Å². The van der Waals surface area contributed by atoms with E-state index in [-0.39, 0.29) is 16.0 Å². The van der Waals surface area contributed by atoms with Crippen LogP contribution in [0.4, 0.5) is 0 Å². The van der Waals surface area contributed by atoms with E-state index >= 15 is 0 Å². The molecule has 8 nitrogen and oxygen atoms in total. The maximum absolute atomic E-state index is 12.1. The molecule has 2 N–H and O–H groups in total. The largest absolute Gasteiger partial charge is 0.481 e. The van der Waals surface area contributed by atoms with Crippen LogP contribution < -0.4 is 4.72 Å². The summed E-state index contributed by atoms with van der Waals surface area (Å²) < 4.78 is 27.6. The Labute approximate surface area is 113 Å². The number of carboxylic acid groups (broad SMARTS) is 1. The van der Waals surface area contributed by atoms with Crippen LogP contribution >= 0.6 is 15.9 Å². The van der Waals surface area contributed by atoms with Crippen molar-refractivity contribution in [1.82, 2.24) is 19.7 Å². The Hall–Kier alpha value is -1.00. The summed E-state index contributed by atoms with van der Waals surface area (Å²) in [6.45, 7) is 1.70. The highest BCUT2D eigenvalue weighted by atomic mass is 79.9. The number of nitrogens with zero attached hydrogens (tertiary/aromatic N) is 3. The van der Waals surface area contributed by atoms with E-state index in [4.69, 9.17) is 5.11 Å². The van der Waals surface area contributed by atoms with Gasteiger partial charge in [-0.3, -0.25) is 4.79 Å². The zero-order chi connectivity index (χ0) is 13.9. The molecule has 1 heterocycles. The van der Waals surface area contributed by atoms with Gasteiger partial charge < -0.3 is 5.11 Å². The normalized spacial score (nSPS) is 13.5. The number of sulfonamides is 1. The standard InChI is InChI=1S/C8H13BrN4O4S/c1-3-5(4-6(14)15)11-18(16,17)8-7(9)10-12-13(8)2/h5,11H,3-4H2,1-2H3,(H,14,15). The average molecular weight is 341 g/mol. The zero-order valence-electron chi connectivity index (χ0n) is 9.79. The lowest BCUT2D eigenvalue weighted by Crippen LogP contribution is -2.37. The van der Waals surface area contributed by atoms with Gasteiger partial charge in [-0.1, -0.05) is 12.1 Å². The Bertz CT molecular complexity index is 522. The van der Waals surface area contributed by atoms with Crippen LogP contribution in [0.1, 0.15) is 19.8 Å². The van der Waals surface area contributed by atoms with Crippen LogP contribution in [0.25, 0.3) is 0 Å².